The van der Waals surface area contributed by atoms with Crippen LogP contribution in [0.3, 0.4) is 0 Å². The zero-order chi connectivity index (χ0) is 12.4. The molecule has 1 saturated heterocycles. The van der Waals surface area contributed by atoms with Crippen LogP contribution >= 0.6 is 0 Å². The van der Waals surface area contributed by atoms with Crippen LogP contribution < -0.4 is 5.32 Å². The minimum Gasteiger partial charge on any atom is -0.301 e. The summed E-state index contributed by atoms with van der Waals surface area (Å²) >= 11 is 0. The van der Waals surface area contributed by atoms with Crippen molar-refractivity contribution in [3.8, 4) is 0 Å². The molecule has 1 aromatic heterocycles. The fraction of sp³-hybridized carbons (Fsp3) is 0.545. The van der Waals surface area contributed by atoms with Gasteiger partial charge in [-0.25, -0.2) is 0 Å². The van der Waals surface area contributed by atoms with E-state index in [1.165, 1.54) is 11.9 Å². The van der Waals surface area contributed by atoms with Crippen molar-refractivity contribution in [1.29, 1.82) is 0 Å². The third-order valence-electron chi connectivity index (χ3n) is 2.94. The van der Waals surface area contributed by atoms with E-state index in [1.807, 2.05) is 17.8 Å². The maximum absolute atomic E-state index is 11.6. The minimum atomic E-state index is -0.391. The number of aryl methyl sites for hydroxylation is 1. The number of carbonyl (C=O) groups excluding carboxylic acids is 2. The van der Waals surface area contributed by atoms with Gasteiger partial charge in [-0.15, -0.1) is 0 Å². The Balaban J connectivity index is 1.90. The zero-order valence-corrected chi connectivity index (χ0v) is 10.0. The second-order valence-corrected chi connectivity index (χ2v) is 4.13. The van der Waals surface area contributed by atoms with E-state index < -0.39 is 6.04 Å². The van der Waals surface area contributed by atoms with Crippen LogP contribution in [-0.4, -0.2) is 39.6 Å². The maximum Gasteiger partial charge on any atom is 0.246 e. The van der Waals surface area contributed by atoms with Crippen molar-refractivity contribution in [2.75, 3.05) is 7.05 Å². The molecule has 0 radical (unpaired) electrons. The smallest absolute Gasteiger partial charge is 0.246 e. The van der Waals surface area contributed by atoms with Crippen LogP contribution in [0.15, 0.2) is 12.4 Å². The molecule has 0 aliphatic carbocycles. The molecule has 0 saturated carbocycles. The summed E-state index contributed by atoms with van der Waals surface area (Å²) in [7, 11) is 1.52. The molecule has 1 aliphatic rings. The van der Waals surface area contributed by atoms with Crippen LogP contribution in [0.4, 0.5) is 0 Å². The van der Waals surface area contributed by atoms with Gasteiger partial charge in [-0.1, -0.05) is 0 Å². The number of hydrogen-bond donors (Lipinski definition) is 1. The molecule has 2 rings (SSSR count). The Bertz CT molecular complexity index is 440. The van der Waals surface area contributed by atoms with E-state index in [4.69, 9.17) is 0 Å². The lowest BCUT2D eigenvalue weighted by Crippen LogP contribution is -2.36. The average molecular weight is 236 g/mol. The SMILES string of the molecule is CCn1cc(CNC2CC(=O)N(C)C2=O)cn1. The third kappa shape index (κ3) is 2.36. The molecule has 1 unspecified atom stereocenters. The molecule has 0 spiro atoms. The number of aromatic nitrogens is 2. The molecule has 6 nitrogen and oxygen atoms in total. The van der Waals surface area contributed by atoms with E-state index in [2.05, 4.69) is 10.4 Å². The molecule has 1 atom stereocenters. The molecule has 0 bridgehead atoms. The van der Waals surface area contributed by atoms with Crippen molar-refractivity contribution in [2.45, 2.75) is 32.5 Å². The summed E-state index contributed by atoms with van der Waals surface area (Å²) < 4.78 is 1.82. The van der Waals surface area contributed by atoms with Gasteiger partial charge >= 0.3 is 0 Å². The highest BCUT2D eigenvalue weighted by atomic mass is 16.2. The predicted molar refractivity (Wildman–Crippen MR) is 60.9 cm³/mol. The lowest BCUT2D eigenvalue weighted by Gasteiger charge is -2.09. The number of likely N-dealkylation sites (N-methyl/N-ethyl adjacent to an activating group) is 1. The second kappa shape index (κ2) is 4.67. The largest absolute Gasteiger partial charge is 0.301 e. The van der Waals surface area contributed by atoms with Crippen LogP contribution in [0.1, 0.15) is 18.9 Å². The van der Waals surface area contributed by atoms with Gasteiger partial charge in [-0.3, -0.25) is 19.2 Å². The number of amides is 2. The average Bonchev–Trinajstić information content (AvgIpc) is 2.88. The Morgan fingerprint density at radius 1 is 1.53 bits per heavy atom. The van der Waals surface area contributed by atoms with Crippen molar-refractivity contribution in [3.63, 3.8) is 0 Å². The fourth-order valence-corrected chi connectivity index (χ4v) is 1.83. The summed E-state index contributed by atoms with van der Waals surface area (Å²) in [5.41, 5.74) is 1.02. The van der Waals surface area contributed by atoms with Gasteiger partial charge in [0.1, 0.15) is 0 Å². The number of nitrogens with zero attached hydrogens (tertiary/aromatic N) is 3. The van der Waals surface area contributed by atoms with Crippen LogP contribution in [-0.2, 0) is 22.7 Å². The Morgan fingerprint density at radius 2 is 2.29 bits per heavy atom. The van der Waals surface area contributed by atoms with Gasteiger partial charge in [0.2, 0.25) is 11.8 Å². The summed E-state index contributed by atoms with van der Waals surface area (Å²) in [5.74, 6) is -0.283. The number of hydrogen-bond acceptors (Lipinski definition) is 4. The number of imide groups is 1. The molecular weight excluding hydrogens is 220 g/mol. The van der Waals surface area contributed by atoms with E-state index in [1.54, 1.807) is 6.20 Å². The molecule has 2 heterocycles. The van der Waals surface area contributed by atoms with Crippen LogP contribution in [0.2, 0.25) is 0 Å². The molecule has 0 aromatic carbocycles. The van der Waals surface area contributed by atoms with Crippen molar-refractivity contribution in [2.24, 2.45) is 0 Å². The first kappa shape index (κ1) is 11.8. The van der Waals surface area contributed by atoms with Gasteiger partial charge in [-0.05, 0) is 6.92 Å². The lowest BCUT2D eigenvalue weighted by molar-refractivity contribution is -0.137. The first-order valence-corrected chi connectivity index (χ1v) is 5.67. The van der Waals surface area contributed by atoms with Gasteiger partial charge < -0.3 is 5.32 Å². The number of likely N-dealkylation sites (tertiary alicyclic amines) is 1. The monoisotopic (exact) mass is 236 g/mol. The van der Waals surface area contributed by atoms with Gasteiger partial charge in [0, 0.05) is 31.9 Å². The van der Waals surface area contributed by atoms with E-state index in [9.17, 15) is 9.59 Å². The third-order valence-corrected chi connectivity index (χ3v) is 2.94. The second-order valence-electron chi connectivity index (χ2n) is 4.13. The molecular formula is C11H16N4O2. The van der Waals surface area contributed by atoms with Crippen molar-refractivity contribution >= 4 is 11.8 Å². The quantitative estimate of drug-likeness (QED) is 0.732. The summed E-state index contributed by atoms with van der Waals surface area (Å²) in [4.78, 5) is 24.1. The highest BCUT2D eigenvalue weighted by Gasteiger charge is 2.35. The van der Waals surface area contributed by atoms with Gasteiger partial charge in [0.15, 0.2) is 0 Å². The van der Waals surface area contributed by atoms with Crippen molar-refractivity contribution < 1.29 is 9.59 Å². The highest BCUT2D eigenvalue weighted by Crippen LogP contribution is 2.11. The van der Waals surface area contributed by atoms with Crippen LogP contribution in [0.25, 0.3) is 0 Å². The molecule has 1 aliphatic heterocycles. The Hall–Kier alpha value is -1.69. The minimum absolute atomic E-state index is 0.128. The van der Waals surface area contributed by atoms with Gasteiger partial charge in [0.25, 0.3) is 0 Å². The van der Waals surface area contributed by atoms with Crippen LogP contribution in [0.5, 0.6) is 0 Å². The molecule has 6 heteroatoms. The topological polar surface area (TPSA) is 67.2 Å². The van der Waals surface area contributed by atoms with E-state index in [0.29, 0.717) is 6.54 Å². The normalized spacial score (nSPS) is 20.4. The fourth-order valence-electron chi connectivity index (χ4n) is 1.83. The van der Waals surface area contributed by atoms with E-state index in [-0.39, 0.29) is 18.2 Å². The predicted octanol–water partition coefficient (Wildman–Crippen LogP) is -0.250. The summed E-state index contributed by atoms with van der Waals surface area (Å²) in [6, 6.07) is -0.391. The molecule has 1 aromatic rings. The van der Waals surface area contributed by atoms with E-state index >= 15 is 0 Å². The first-order chi connectivity index (χ1) is 8.11. The van der Waals surface area contributed by atoms with E-state index in [0.717, 1.165) is 12.1 Å². The Morgan fingerprint density at radius 3 is 2.82 bits per heavy atom. The van der Waals surface area contributed by atoms with Gasteiger partial charge in [0.05, 0.1) is 18.7 Å². The van der Waals surface area contributed by atoms with Crippen LogP contribution in [0, 0.1) is 0 Å². The molecule has 92 valence electrons. The molecule has 1 fully saturated rings. The molecule has 2 amide bonds. The number of nitrogens with one attached hydrogen (secondary N) is 1. The van der Waals surface area contributed by atoms with Gasteiger partial charge in [-0.2, -0.15) is 5.10 Å². The summed E-state index contributed by atoms with van der Waals surface area (Å²) in [6.07, 6.45) is 3.94. The molecule has 1 N–H and O–H groups in total. The highest BCUT2D eigenvalue weighted by molar-refractivity contribution is 6.05. The maximum atomic E-state index is 11.6. The summed E-state index contributed by atoms with van der Waals surface area (Å²) in [6.45, 7) is 3.39. The Labute approximate surface area is 99.6 Å². The molecule has 17 heavy (non-hydrogen) atoms. The Kier molecular flexibility index (Phi) is 3.23. The number of carbonyl (C=O) groups is 2. The lowest BCUT2D eigenvalue weighted by atomic mass is 10.2. The standard InChI is InChI=1S/C11H16N4O2/c1-3-15-7-8(6-13-15)5-12-9-4-10(16)14(2)11(9)17/h6-7,9,12H,3-5H2,1-2H3. The van der Waals surface area contributed by atoms with Crippen molar-refractivity contribution in [3.05, 3.63) is 18.0 Å². The summed E-state index contributed by atoms with van der Waals surface area (Å²) in [5, 5.41) is 7.22. The first-order valence-electron chi connectivity index (χ1n) is 5.67. The van der Waals surface area contributed by atoms with Crippen molar-refractivity contribution in [1.82, 2.24) is 20.0 Å². The zero-order valence-electron chi connectivity index (χ0n) is 10.0. The number of rotatable bonds is 4.